The van der Waals surface area contributed by atoms with E-state index in [2.05, 4.69) is 25.3 Å². The lowest BCUT2D eigenvalue weighted by molar-refractivity contribution is 0.0221. The third-order valence-corrected chi connectivity index (χ3v) is 5.42. The van der Waals surface area contributed by atoms with Crippen LogP contribution in [-0.2, 0) is 17.7 Å². The summed E-state index contributed by atoms with van der Waals surface area (Å²) in [5.41, 5.74) is 2.57. The fourth-order valence-corrected chi connectivity index (χ4v) is 3.98. The maximum atomic E-state index is 14.6. The fraction of sp³-hybridized carbons (Fsp3) is 0.393. The highest BCUT2D eigenvalue weighted by atomic mass is 19.1. The first-order valence-corrected chi connectivity index (χ1v) is 12.1. The number of aliphatic hydroxyl groups is 1. The van der Waals surface area contributed by atoms with Gasteiger partial charge < -0.3 is 14.6 Å². The molecule has 3 rings (SSSR count). The van der Waals surface area contributed by atoms with E-state index in [4.69, 9.17) is 14.6 Å². The van der Waals surface area contributed by atoms with Crippen molar-refractivity contribution in [1.29, 1.82) is 0 Å². The third-order valence-electron chi connectivity index (χ3n) is 5.42. The number of nitrogens with zero attached hydrogens (tertiary/aromatic N) is 3. The predicted molar refractivity (Wildman–Crippen MR) is 137 cm³/mol. The molecule has 1 aromatic heterocycles. The predicted octanol–water partition coefficient (Wildman–Crippen LogP) is 5.39. The van der Waals surface area contributed by atoms with Crippen molar-refractivity contribution in [3.63, 3.8) is 0 Å². The highest BCUT2D eigenvalue weighted by molar-refractivity contribution is 5.44. The van der Waals surface area contributed by atoms with Crippen LogP contribution in [0.3, 0.4) is 0 Å². The van der Waals surface area contributed by atoms with Crippen molar-refractivity contribution in [2.45, 2.75) is 39.8 Å². The highest BCUT2D eigenvalue weighted by Gasteiger charge is 2.24. The zero-order chi connectivity index (χ0) is 25.2. The number of aryl methyl sites for hydroxylation is 1. The number of aromatic nitrogens is 2. The third kappa shape index (κ3) is 7.49. The first kappa shape index (κ1) is 26.6. The molecule has 1 N–H and O–H groups in total. The van der Waals surface area contributed by atoms with Crippen LogP contribution < -0.4 is 4.74 Å². The molecule has 0 unspecified atom stereocenters. The Labute approximate surface area is 207 Å². The lowest BCUT2D eigenvalue weighted by Gasteiger charge is -2.27. The standard InChI is InChI=1S/C28H36FN3O3/c1-5-16-34-20-23(33)18-31(17-21(3)4)19-24-26(6-2)30-32(22-12-8-7-9-13-22)28(24)35-27-15-11-10-14-25(27)29/h5,7-15,21,23,33H,1,6,16-20H2,2-4H3/t23-/m1/s1. The van der Waals surface area contributed by atoms with Gasteiger partial charge in [0.2, 0.25) is 5.88 Å². The van der Waals surface area contributed by atoms with E-state index in [0.29, 0.717) is 37.9 Å². The minimum absolute atomic E-state index is 0.141. The van der Waals surface area contributed by atoms with Gasteiger partial charge in [-0.25, -0.2) is 9.07 Å². The lowest BCUT2D eigenvalue weighted by Crippen LogP contribution is -2.37. The van der Waals surface area contributed by atoms with Crippen LogP contribution in [0.5, 0.6) is 11.6 Å². The van der Waals surface area contributed by atoms with Crippen LogP contribution in [0.1, 0.15) is 32.0 Å². The molecular weight excluding hydrogens is 445 g/mol. The Kier molecular flexibility index (Phi) is 10.0. The normalized spacial score (nSPS) is 12.3. The summed E-state index contributed by atoms with van der Waals surface area (Å²) in [6.07, 6.45) is 1.69. The van der Waals surface area contributed by atoms with Gasteiger partial charge in [0.1, 0.15) is 0 Å². The first-order valence-electron chi connectivity index (χ1n) is 12.1. The molecule has 1 atom stereocenters. The zero-order valence-corrected chi connectivity index (χ0v) is 20.9. The molecule has 6 nitrogen and oxygen atoms in total. The van der Waals surface area contributed by atoms with E-state index in [1.807, 2.05) is 37.3 Å². The summed E-state index contributed by atoms with van der Waals surface area (Å²) >= 11 is 0. The number of benzene rings is 2. The maximum Gasteiger partial charge on any atom is 0.227 e. The number of para-hydroxylation sites is 2. The van der Waals surface area contributed by atoms with Gasteiger partial charge in [0.25, 0.3) is 0 Å². The second-order valence-corrected chi connectivity index (χ2v) is 8.93. The summed E-state index contributed by atoms with van der Waals surface area (Å²) in [6, 6.07) is 16.0. The fourth-order valence-electron chi connectivity index (χ4n) is 3.98. The Morgan fingerprint density at radius 2 is 1.83 bits per heavy atom. The van der Waals surface area contributed by atoms with Gasteiger partial charge in [-0.15, -0.1) is 6.58 Å². The average molecular weight is 482 g/mol. The minimum atomic E-state index is -0.654. The molecule has 0 radical (unpaired) electrons. The smallest absolute Gasteiger partial charge is 0.227 e. The van der Waals surface area contributed by atoms with Crippen LogP contribution in [0, 0.1) is 11.7 Å². The second-order valence-electron chi connectivity index (χ2n) is 8.93. The lowest BCUT2D eigenvalue weighted by atomic mass is 10.1. The first-order chi connectivity index (χ1) is 16.9. The molecule has 35 heavy (non-hydrogen) atoms. The molecule has 0 fully saturated rings. The molecule has 0 amide bonds. The summed E-state index contributed by atoms with van der Waals surface area (Å²) in [4.78, 5) is 2.17. The highest BCUT2D eigenvalue weighted by Crippen LogP contribution is 2.33. The maximum absolute atomic E-state index is 14.6. The van der Waals surface area contributed by atoms with Crippen molar-refractivity contribution in [1.82, 2.24) is 14.7 Å². The molecule has 0 bridgehead atoms. The molecule has 7 heteroatoms. The van der Waals surface area contributed by atoms with E-state index in [9.17, 15) is 9.50 Å². The van der Waals surface area contributed by atoms with E-state index in [1.165, 1.54) is 6.07 Å². The van der Waals surface area contributed by atoms with Crippen LogP contribution >= 0.6 is 0 Å². The molecule has 3 aromatic rings. The van der Waals surface area contributed by atoms with Crippen molar-refractivity contribution >= 4 is 0 Å². The van der Waals surface area contributed by atoms with Crippen molar-refractivity contribution < 1.29 is 19.0 Å². The zero-order valence-electron chi connectivity index (χ0n) is 20.9. The SMILES string of the molecule is C=CCOC[C@H](O)CN(Cc1c(CC)nn(-c2ccccc2)c1Oc1ccccc1F)CC(C)C. The Morgan fingerprint density at radius 1 is 1.11 bits per heavy atom. The molecule has 188 valence electrons. The van der Waals surface area contributed by atoms with Crippen molar-refractivity contribution in [2.75, 3.05) is 26.3 Å². The van der Waals surface area contributed by atoms with E-state index in [0.717, 1.165) is 23.5 Å². The number of ether oxygens (including phenoxy) is 2. The average Bonchev–Trinajstić information content (AvgIpc) is 3.17. The molecule has 1 heterocycles. The van der Waals surface area contributed by atoms with E-state index in [1.54, 1.807) is 29.0 Å². The summed E-state index contributed by atoms with van der Waals surface area (Å²) < 4.78 is 27.9. The van der Waals surface area contributed by atoms with Crippen molar-refractivity contribution in [2.24, 2.45) is 5.92 Å². The molecule has 0 spiro atoms. The Balaban J connectivity index is 1.99. The van der Waals surface area contributed by atoms with Gasteiger partial charge in [0.15, 0.2) is 11.6 Å². The van der Waals surface area contributed by atoms with Crippen LogP contribution in [-0.4, -0.2) is 52.2 Å². The second kappa shape index (κ2) is 13.2. The van der Waals surface area contributed by atoms with Gasteiger partial charge in [0, 0.05) is 19.6 Å². The topological polar surface area (TPSA) is 59.8 Å². The van der Waals surface area contributed by atoms with Crippen molar-refractivity contribution in [3.05, 3.63) is 84.3 Å². The molecule has 2 aromatic carbocycles. The molecule has 0 saturated carbocycles. The van der Waals surface area contributed by atoms with E-state index in [-0.39, 0.29) is 12.4 Å². The number of rotatable bonds is 14. The van der Waals surface area contributed by atoms with Crippen LogP contribution in [0.15, 0.2) is 67.3 Å². The minimum Gasteiger partial charge on any atom is -0.435 e. The van der Waals surface area contributed by atoms with Crippen LogP contribution in [0.25, 0.3) is 5.69 Å². The molecule has 0 saturated heterocycles. The van der Waals surface area contributed by atoms with Gasteiger partial charge in [-0.3, -0.25) is 4.90 Å². The quantitative estimate of drug-likeness (QED) is 0.247. The summed E-state index contributed by atoms with van der Waals surface area (Å²) in [5.74, 6) is 0.554. The van der Waals surface area contributed by atoms with Gasteiger partial charge in [-0.05, 0) is 36.6 Å². The Hall–Kier alpha value is -3.00. The number of halogens is 1. The monoisotopic (exact) mass is 481 g/mol. The Bertz CT molecular complexity index is 1070. The van der Waals surface area contributed by atoms with Crippen molar-refractivity contribution in [3.8, 4) is 17.3 Å². The number of aliphatic hydroxyl groups excluding tert-OH is 1. The summed E-state index contributed by atoms with van der Waals surface area (Å²) in [6.45, 7) is 12.3. The van der Waals surface area contributed by atoms with Crippen LogP contribution in [0.2, 0.25) is 0 Å². The van der Waals surface area contributed by atoms with Gasteiger partial charge in [-0.1, -0.05) is 57.2 Å². The van der Waals surface area contributed by atoms with E-state index < -0.39 is 11.9 Å². The van der Waals surface area contributed by atoms with E-state index >= 15 is 0 Å². The summed E-state index contributed by atoms with van der Waals surface area (Å²) in [7, 11) is 0. The van der Waals surface area contributed by atoms with Crippen LogP contribution in [0.4, 0.5) is 4.39 Å². The van der Waals surface area contributed by atoms with Gasteiger partial charge in [-0.2, -0.15) is 5.10 Å². The molecule has 0 aliphatic rings. The number of hydrogen-bond acceptors (Lipinski definition) is 5. The molecule has 0 aliphatic heterocycles. The summed E-state index contributed by atoms with van der Waals surface area (Å²) in [5, 5.41) is 15.4. The molecule has 0 aliphatic carbocycles. The Morgan fingerprint density at radius 3 is 2.49 bits per heavy atom. The van der Waals surface area contributed by atoms with Gasteiger partial charge >= 0.3 is 0 Å². The molecular formula is C28H36FN3O3. The largest absolute Gasteiger partial charge is 0.435 e. The van der Waals surface area contributed by atoms with Gasteiger partial charge in [0.05, 0.1) is 36.3 Å². The number of hydrogen-bond donors (Lipinski definition) is 1.